The smallest absolute Gasteiger partial charge is 0.416 e. The standard InChI is InChI=1S/C16H13F3O3/c1-21-14-5-3-4-10(9-14)11-6-12(15(20)22-2)8-13(7-11)16(17,18)19/h3-9H,1-2H3. The van der Waals surface area contributed by atoms with Gasteiger partial charge in [0.2, 0.25) is 0 Å². The van der Waals surface area contributed by atoms with Gasteiger partial charge in [0.25, 0.3) is 0 Å². The quantitative estimate of drug-likeness (QED) is 0.798. The molecular weight excluding hydrogens is 297 g/mol. The van der Waals surface area contributed by atoms with E-state index in [9.17, 15) is 18.0 Å². The van der Waals surface area contributed by atoms with E-state index in [4.69, 9.17) is 4.74 Å². The predicted octanol–water partition coefficient (Wildman–Crippen LogP) is 4.17. The average Bonchev–Trinajstić information content (AvgIpc) is 2.52. The van der Waals surface area contributed by atoms with Crippen LogP contribution in [0.1, 0.15) is 15.9 Å². The summed E-state index contributed by atoms with van der Waals surface area (Å²) in [5.41, 5.74) is -0.298. The maximum atomic E-state index is 13.0. The number of ether oxygens (including phenoxy) is 2. The van der Waals surface area contributed by atoms with Crippen LogP contribution in [-0.2, 0) is 10.9 Å². The molecular formula is C16H13F3O3. The lowest BCUT2D eigenvalue weighted by Crippen LogP contribution is -2.09. The Bertz CT molecular complexity index is 693. The number of carbonyl (C=O) groups excluding carboxylic acids is 1. The maximum Gasteiger partial charge on any atom is 0.416 e. The fourth-order valence-corrected chi connectivity index (χ4v) is 2.00. The highest BCUT2D eigenvalue weighted by molar-refractivity contribution is 5.91. The molecule has 0 bridgehead atoms. The van der Waals surface area contributed by atoms with E-state index in [0.717, 1.165) is 19.2 Å². The molecule has 0 aromatic heterocycles. The molecule has 0 saturated heterocycles. The van der Waals surface area contributed by atoms with Crippen molar-refractivity contribution in [1.29, 1.82) is 0 Å². The van der Waals surface area contributed by atoms with Crippen molar-refractivity contribution in [2.45, 2.75) is 6.18 Å². The van der Waals surface area contributed by atoms with Crippen molar-refractivity contribution in [1.82, 2.24) is 0 Å². The zero-order valence-corrected chi connectivity index (χ0v) is 11.9. The minimum absolute atomic E-state index is 0.157. The van der Waals surface area contributed by atoms with E-state index in [0.29, 0.717) is 11.3 Å². The number of alkyl halides is 3. The number of benzene rings is 2. The molecule has 0 aliphatic carbocycles. The molecule has 0 unspecified atom stereocenters. The van der Waals surface area contributed by atoms with Gasteiger partial charge in [0.15, 0.2) is 0 Å². The summed E-state index contributed by atoms with van der Waals surface area (Å²) in [6, 6.07) is 9.69. The van der Waals surface area contributed by atoms with Crippen LogP contribution in [0.25, 0.3) is 11.1 Å². The lowest BCUT2D eigenvalue weighted by molar-refractivity contribution is -0.137. The van der Waals surface area contributed by atoms with Gasteiger partial charge in [-0.2, -0.15) is 13.2 Å². The minimum atomic E-state index is -4.56. The summed E-state index contributed by atoms with van der Waals surface area (Å²) in [5, 5.41) is 0. The van der Waals surface area contributed by atoms with Crippen LogP contribution in [-0.4, -0.2) is 20.2 Å². The Balaban J connectivity index is 2.61. The lowest BCUT2D eigenvalue weighted by Gasteiger charge is -2.12. The molecule has 116 valence electrons. The Morgan fingerprint density at radius 2 is 1.73 bits per heavy atom. The third kappa shape index (κ3) is 3.39. The summed E-state index contributed by atoms with van der Waals surface area (Å²) in [4.78, 5) is 11.6. The van der Waals surface area contributed by atoms with Crippen LogP contribution in [0.4, 0.5) is 13.2 Å². The van der Waals surface area contributed by atoms with Gasteiger partial charge in [0.1, 0.15) is 5.75 Å². The summed E-state index contributed by atoms with van der Waals surface area (Å²) in [5.74, 6) is -0.315. The fourth-order valence-electron chi connectivity index (χ4n) is 2.00. The Hall–Kier alpha value is -2.50. The van der Waals surface area contributed by atoms with Crippen molar-refractivity contribution < 1.29 is 27.4 Å². The van der Waals surface area contributed by atoms with Crippen LogP contribution < -0.4 is 4.74 Å². The van der Waals surface area contributed by atoms with Crippen LogP contribution in [0.15, 0.2) is 42.5 Å². The number of esters is 1. The van der Waals surface area contributed by atoms with E-state index in [2.05, 4.69) is 4.74 Å². The molecule has 0 spiro atoms. The largest absolute Gasteiger partial charge is 0.497 e. The Morgan fingerprint density at radius 1 is 1.00 bits per heavy atom. The van der Waals surface area contributed by atoms with E-state index in [1.165, 1.54) is 13.2 Å². The second-order valence-electron chi connectivity index (χ2n) is 4.52. The molecule has 0 aliphatic rings. The highest BCUT2D eigenvalue weighted by atomic mass is 19.4. The van der Waals surface area contributed by atoms with Crippen LogP contribution >= 0.6 is 0 Å². The van der Waals surface area contributed by atoms with Gasteiger partial charge in [-0.05, 0) is 41.5 Å². The third-order valence-electron chi connectivity index (χ3n) is 3.08. The molecule has 2 rings (SSSR count). The molecule has 0 radical (unpaired) electrons. The molecule has 0 N–H and O–H groups in total. The number of halogens is 3. The van der Waals surface area contributed by atoms with Crippen molar-refractivity contribution in [2.24, 2.45) is 0 Å². The molecule has 22 heavy (non-hydrogen) atoms. The first-order valence-corrected chi connectivity index (χ1v) is 6.30. The lowest BCUT2D eigenvalue weighted by atomic mass is 9.99. The summed E-state index contributed by atoms with van der Waals surface area (Å²) in [6.07, 6.45) is -4.56. The van der Waals surface area contributed by atoms with E-state index in [1.54, 1.807) is 24.3 Å². The summed E-state index contributed by atoms with van der Waals surface area (Å²) >= 11 is 0. The van der Waals surface area contributed by atoms with E-state index < -0.39 is 17.7 Å². The molecule has 0 aliphatic heterocycles. The van der Waals surface area contributed by atoms with E-state index in [1.807, 2.05) is 0 Å². The number of hydrogen-bond acceptors (Lipinski definition) is 3. The molecule has 6 heteroatoms. The first-order chi connectivity index (χ1) is 10.3. The molecule has 0 fully saturated rings. The highest BCUT2D eigenvalue weighted by Crippen LogP contribution is 2.34. The van der Waals surface area contributed by atoms with Gasteiger partial charge < -0.3 is 9.47 Å². The van der Waals surface area contributed by atoms with Crippen LogP contribution in [0.2, 0.25) is 0 Å². The van der Waals surface area contributed by atoms with Crippen molar-refractivity contribution in [2.75, 3.05) is 14.2 Å². The highest BCUT2D eigenvalue weighted by Gasteiger charge is 2.32. The van der Waals surface area contributed by atoms with Crippen molar-refractivity contribution in [3.05, 3.63) is 53.6 Å². The zero-order chi connectivity index (χ0) is 16.3. The number of carbonyl (C=O) groups is 1. The van der Waals surface area contributed by atoms with Crippen molar-refractivity contribution >= 4 is 5.97 Å². The Labute approximate surface area is 125 Å². The van der Waals surface area contributed by atoms with Crippen LogP contribution in [0.5, 0.6) is 5.75 Å². The third-order valence-corrected chi connectivity index (χ3v) is 3.08. The Morgan fingerprint density at radius 3 is 2.32 bits per heavy atom. The van der Waals surface area contributed by atoms with Crippen molar-refractivity contribution in [3.8, 4) is 16.9 Å². The Kier molecular flexibility index (Phi) is 4.40. The average molecular weight is 310 g/mol. The van der Waals surface area contributed by atoms with Gasteiger partial charge in [-0.1, -0.05) is 12.1 Å². The van der Waals surface area contributed by atoms with E-state index in [-0.39, 0.29) is 11.1 Å². The van der Waals surface area contributed by atoms with Gasteiger partial charge in [-0.25, -0.2) is 4.79 Å². The van der Waals surface area contributed by atoms with Gasteiger partial charge in [-0.15, -0.1) is 0 Å². The fraction of sp³-hybridized carbons (Fsp3) is 0.188. The molecule has 2 aromatic carbocycles. The van der Waals surface area contributed by atoms with E-state index >= 15 is 0 Å². The van der Waals surface area contributed by atoms with Crippen LogP contribution in [0, 0.1) is 0 Å². The zero-order valence-electron chi connectivity index (χ0n) is 11.9. The SMILES string of the molecule is COC(=O)c1cc(-c2cccc(OC)c2)cc(C(F)(F)F)c1. The molecule has 0 amide bonds. The number of methoxy groups -OCH3 is 2. The summed E-state index contributed by atoms with van der Waals surface area (Å²) < 4.78 is 48.6. The monoisotopic (exact) mass is 310 g/mol. The first kappa shape index (κ1) is 15.9. The van der Waals surface area contributed by atoms with Gasteiger partial charge in [-0.3, -0.25) is 0 Å². The second-order valence-corrected chi connectivity index (χ2v) is 4.52. The topological polar surface area (TPSA) is 35.5 Å². The molecule has 0 atom stereocenters. The van der Waals surface area contributed by atoms with Crippen LogP contribution in [0.3, 0.4) is 0 Å². The van der Waals surface area contributed by atoms with Gasteiger partial charge >= 0.3 is 12.1 Å². The molecule has 3 nitrogen and oxygen atoms in total. The minimum Gasteiger partial charge on any atom is -0.497 e. The van der Waals surface area contributed by atoms with Gasteiger partial charge in [0.05, 0.1) is 25.3 Å². The molecule has 2 aromatic rings. The first-order valence-electron chi connectivity index (χ1n) is 6.30. The maximum absolute atomic E-state index is 13.0. The summed E-state index contributed by atoms with van der Waals surface area (Å²) in [6.45, 7) is 0. The van der Waals surface area contributed by atoms with Gasteiger partial charge in [0, 0.05) is 0 Å². The summed E-state index contributed by atoms with van der Waals surface area (Å²) in [7, 11) is 2.58. The molecule has 0 heterocycles. The van der Waals surface area contributed by atoms with Crippen molar-refractivity contribution in [3.63, 3.8) is 0 Å². The predicted molar refractivity (Wildman–Crippen MR) is 74.8 cm³/mol. The number of hydrogen-bond donors (Lipinski definition) is 0. The second kappa shape index (κ2) is 6.09. The molecule has 0 saturated carbocycles. The number of rotatable bonds is 3. The normalized spacial score (nSPS) is 11.1.